The maximum Gasteiger partial charge on any atom is 0.143 e. The first-order chi connectivity index (χ1) is 10.7. The zero-order valence-corrected chi connectivity index (χ0v) is 13.4. The molecule has 1 aromatic carbocycles. The van der Waals surface area contributed by atoms with Crippen molar-refractivity contribution >= 4 is 27.9 Å². The van der Waals surface area contributed by atoms with Crippen LogP contribution in [0, 0.1) is 25.2 Å². The molecule has 0 spiro atoms. The average molecular weight is 308 g/mol. The Kier molecular flexibility index (Phi) is 4.03. The minimum absolute atomic E-state index is 0.436. The van der Waals surface area contributed by atoms with Crippen LogP contribution in [0.15, 0.2) is 30.3 Å². The third-order valence-corrected chi connectivity index (χ3v) is 4.63. The molecule has 2 heterocycles. The van der Waals surface area contributed by atoms with Gasteiger partial charge < -0.3 is 5.32 Å². The molecule has 0 aliphatic rings. The summed E-state index contributed by atoms with van der Waals surface area (Å²) in [5.41, 5.74) is 3.35. The predicted octanol–water partition coefficient (Wildman–Crippen LogP) is 3.83. The van der Waals surface area contributed by atoms with Gasteiger partial charge >= 0.3 is 0 Å². The third-order valence-electron chi connectivity index (χ3n) is 3.50. The number of nitrogens with zero attached hydrogens (tertiary/aromatic N) is 3. The number of benzene rings is 1. The Balaban J connectivity index is 1.81. The van der Waals surface area contributed by atoms with Gasteiger partial charge in [0.15, 0.2) is 0 Å². The molecule has 0 atom stereocenters. The highest BCUT2D eigenvalue weighted by molar-refractivity contribution is 7.11. The van der Waals surface area contributed by atoms with Gasteiger partial charge in [-0.25, -0.2) is 9.97 Å². The van der Waals surface area contributed by atoms with E-state index in [-0.39, 0.29) is 0 Å². The molecule has 0 fully saturated rings. The zero-order chi connectivity index (χ0) is 15.5. The summed E-state index contributed by atoms with van der Waals surface area (Å²) in [4.78, 5) is 10.1. The molecule has 22 heavy (non-hydrogen) atoms. The van der Waals surface area contributed by atoms with Crippen molar-refractivity contribution in [3.8, 4) is 6.07 Å². The molecular formula is C17H16N4S. The van der Waals surface area contributed by atoms with Gasteiger partial charge in [-0.2, -0.15) is 5.26 Å². The van der Waals surface area contributed by atoms with E-state index in [1.807, 2.05) is 37.3 Å². The highest BCUT2D eigenvalue weighted by Crippen LogP contribution is 2.23. The number of para-hydroxylation sites is 1. The Bertz CT molecular complexity index is 861. The first-order valence-corrected chi connectivity index (χ1v) is 7.95. The van der Waals surface area contributed by atoms with Crippen LogP contribution in [-0.4, -0.2) is 16.5 Å². The van der Waals surface area contributed by atoms with E-state index in [1.165, 1.54) is 4.88 Å². The van der Waals surface area contributed by atoms with Crippen molar-refractivity contribution < 1.29 is 0 Å². The second-order valence-electron chi connectivity index (χ2n) is 5.10. The van der Waals surface area contributed by atoms with E-state index in [2.05, 4.69) is 28.3 Å². The molecular weight excluding hydrogens is 292 g/mol. The molecule has 4 nitrogen and oxygen atoms in total. The van der Waals surface area contributed by atoms with Crippen LogP contribution in [0.2, 0.25) is 0 Å². The van der Waals surface area contributed by atoms with Crippen molar-refractivity contribution in [2.45, 2.75) is 20.3 Å². The minimum Gasteiger partial charge on any atom is -0.384 e. The molecule has 2 aromatic heterocycles. The number of rotatable bonds is 4. The summed E-state index contributed by atoms with van der Waals surface area (Å²) < 4.78 is 0. The van der Waals surface area contributed by atoms with Gasteiger partial charge in [0.2, 0.25) is 0 Å². The first kappa shape index (κ1) is 14.5. The Morgan fingerprint density at radius 3 is 2.77 bits per heavy atom. The number of thiazole rings is 1. The number of pyridine rings is 1. The van der Waals surface area contributed by atoms with Crippen LogP contribution < -0.4 is 5.32 Å². The van der Waals surface area contributed by atoms with E-state index in [0.29, 0.717) is 5.69 Å². The van der Waals surface area contributed by atoms with Crippen molar-refractivity contribution in [3.05, 3.63) is 51.6 Å². The number of nitriles is 1. The first-order valence-electron chi connectivity index (χ1n) is 7.14. The number of fused-ring (bicyclic) bond motifs is 1. The summed E-state index contributed by atoms with van der Waals surface area (Å²) in [5.74, 6) is 0. The van der Waals surface area contributed by atoms with Crippen LogP contribution in [0.1, 0.15) is 21.3 Å². The number of anilines is 1. The molecule has 0 bridgehead atoms. The summed E-state index contributed by atoms with van der Waals surface area (Å²) in [5, 5.41) is 14.7. The highest BCUT2D eigenvalue weighted by atomic mass is 32.1. The summed E-state index contributed by atoms with van der Waals surface area (Å²) >= 11 is 1.74. The van der Waals surface area contributed by atoms with Crippen LogP contribution in [0.25, 0.3) is 10.9 Å². The highest BCUT2D eigenvalue weighted by Gasteiger charge is 2.07. The maximum atomic E-state index is 9.12. The fraction of sp³-hybridized carbons (Fsp3) is 0.235. The molecule has 0 unspecified atom stereocenters. The van der Waals surface area contributed by atoms with Gasteiger partial charge in [-0.3, -0.25) is 0 Å². The van der Waals surface area contributed by atoms with Gasteiger partial charge in [0.1, 0.15) is 11.8 Å². The monoisotopic (exact) mass is 308 g/mol. The van der Waals surface area contributed by atoms with E-state index in [4.69, 9.17) is 5.26 Å². The summed E-state index contributed by atoms with van der Waals surface area (Å²) in [6.45, 7) is 4.89. The minimum atomic E-state index is 0.436. The molecule has 1 N–H and O–H groups in total. The lowest BCUT2D eigenvalue weighted by molar-refractivity contribution is 1.02. The van der Waals surface area contributed by atoms with Gasteiger partial charge in [0.25, 0.3) is 0 Å². The molecule has 0 aliphatic heterocycles. The van der Waals surface area contributed by atoms with Crippen molar-refractivity contribution in [2.75, 3.05) is 11.9 Å². The van der Waals surface area contributed by atoms with Crippen LogP contribution in [0.4, 0.5) is 5.69 Å². The quantitative estimate of drug-likeness (QED) is 0.795. The topological polar surface area (TPSA) is 61.6 Å². The van der Waals surface area contributed by atoms with Gasteiger partial charge in [0, 0.05) is 28.9 Å². The molecule has 110 valence electrons. The van der Waals surface area contributed by atoms with Crippen LogP contribution in [0.3, 0.4) is 0 Å². The van der Waals surface area contributed by atoms with Crippen molar-refractivity contribution in [3.63, 3.8) is 0 Å². The Hall–Kier alpha value is -2.45. The Labute approximate surface area is 133 Å². The molecule has 0 aliphatic carbocycles. The van der Waals surface area contributed by atoms with Crippen LogP contribution in [0.5, 0.6) is 0 Å². The zero-order valence-electron chi connectivity index (χ0n) is 12.6. The van der Waals surface area contributed by atoms with Crippen molar-refractivity contribution in [1.29, 1.82) is 5.26 Å². The third kappa shape index (κ3) is 2.92. The molecule has 0 radical (unpaired) electrons. The van der Waals surface area contributed by atoms with Crippen LogP contribution >= 0.6 is 11.3 Å². The summed E-state index contributed by atoms with van der Waals surface area (Å²) in [7, 11) is 0. The van der Waals surface area contributed by atoms with E-state index in [1.54, 1.807) is 11.3 Å². The second kappa shape index (κ2) is 6.12. The Morgan fingerprint density at radius 1 is 1.23 bits per heavy atom. The van der Waals surface area contributed by atoms with E-state index in [0.717, 1.165) is 40.3 Å². The number of hydrogen-bond acceptors (Lipinski definition) is 5. The molecule has 3 rings (SSSR count). The Morgan fingerprint density at radius 2 is 2.05 bits per heavy atom. The second-order valence-corrected chi connectivity index (χ2v) is 6.39. The fourth-order valence-electron chi connectivity index (χ4n) is 2.50. The number of hydrogen-bond donors (Lipinski definition) is 1. The summed E-state index contributed by atoms with van der Waals surface area (Å²) in [6, 6.07) is 11.8. The predicted molar refractivity (Wildman–Crippen MR) is 90.2 cm³/mol. The SMILES string of the molecule is Cc1nc(C)c(CCNc2cc(C#N)nc3ccccc23)s1. The van der Waals surface area contributed by atoms with Gasteiger partial charge in [-0.05, 0) is 26.0 Å². The van der Waals surface area contributed by atoms with E-state index >= 15 is 0 Å². The van der Waals surface area contributed by atoms with E-state index < -0.39 is 0 Å². The lowest BCUT2D eigenvalue weighted by Crippen LogP contribution is -2.06. The van der Waals surface area contributed by atoms with Crippen molar-refractivity contribution in [1.82, 2.24) is 9.97 Å². The van der Waals surface area contributed by atoms with Crippen LogP contribution in [-0.2, 0) is 6.42 Å². The van der Waals surface area contributed by atoms with Gasteiger partial charge in [-0.1, -0.05) is 18.2 Å². The largest absolute Gasteiger partial charge is 0.384 e. The molecule has 0 saturated heterocycles. The summed E-state index contributed by atoms with van der Waals surface area (Å²) in [6.07, 6.45) is 0.926. The normalized spacial score (nSPS) is 10.6. The maximum absolute atomic E-state index is 9.12. The van der Waals surface area contributed by atoms with Crippen molar-refractivity contribution in [2.24, 2.45) is 0 Å². The lowest BCUT2D eigenvalue weighted by Gasteiger charge is -2.09. The van der Waals surface area contributed by atoms with E-state index in [9.17, 15) is 0 Å². The standard InChI is InChI=1S/C17H16N4S/c1-11-17(22-12(2)20-11)7-8-19-16-9-13(10-18)21-15-6-4-3-5-14(15)16/h3-6,9H,7-8H2,1-2H3,(H,19,21). The molecule has 3 aromatic rings. The number of nitrogens with one attached hydrogen (secondary N) is 1. The smallest absolute Gasteiger partial charge is 0.143 e. The average Bonchev–Trinajstić information content (AvgIpc) is 2.84. The molecule has 0 saturated carbocycles. The van der Waals surface area contributed by atoms with Gasteiger partial charge in [-0.15, -0.1) is 11.3 Å². The number of aromatic nitrogens is 2. The molecule has 0 amide bonds. The fourth-order valence-corrected chi connectivity index (χ4v) is 3.43. The van der Waals surface area contributed by atoms with Gasteiger partial charge in [0.05, 0.1) is 16.2 Å². The lowest BCUT2D eigenvalue weighted by atomic mass is 10.1. The molecule has 5 heteroatoms. The number of aryl methyl sites for hydroxylation is 2.